The molecule has 0 saturated carbocycles. The molecule has 9 heteroatoms. The van der Waals surface area contributed by atoms with Crippen molar-refractivity contribution in [1.82, 2.24) is 10.2 Å². The molecule has 2 amide bonds. The summed E-state index contributed by atoms with van der Waals surface area (Å²) in [6.07, 6.45) is 1.33. The average Bonchev–Trinajstić information content (AvgIpc) is 2.89. The van der Waals surface area contributed by atoms with E-state index in [-0.39, 0.29) is 18.9 Å². The molecule has 1 N–H and O–H groups in total. The summed E-state index contributed by atoms with van der Waals surface area (Å²) in [4.78, 5) is 28.2. The van der Waals surface area contributed by atoms with Crippen molar-refractivity contribution in [3.05, 3.63) is 96.1 Å². The van der Waals surface area contributed by atoms with Crippen LogP contribution in [0.4, 0.5) is 5.69 Å². The molecule has 36 heavy (non-hydrogen) atoms. The van der Waals surface area contributed by atoms with Crippen LogP contribution in [0.5, 0.6) is 5.75 Å². The number of hydrogen-bond donors (Lipinski definition) is 1. The molecule has 190 valence electrons. The van der Waals surface area contributed by atoms with Gasteiger partial charge < -0.3 is 15.0 Å². The standard InChI is InChI=1S/C27H31N3O5S/c1-28-27(32)25(18-21-10-6-4-7-11-21)29(19-22-12-8-5-9-13-22)26(31)20-30(36(3,33)34)23-14-16-24(35-2)17-15-23/h4-17,25H,18-20H2,1-3H3,(H,28,32)/t25-/m1/s1. The van der Waals surface area contributed by atoms with Crippen LogP contribution in [-0.2, 0) is 32.6 Å². The molecule has 3 rings (SSSR count). The fourth-order valence-electron chi connectivity index (χ4n) is 3.86. The lowest BCUT2D eigenvalue weighted by molar-refractivity contribution is -0.139. The third-order valence-corrected chi connectivity index (χ3v) is 6.89. The second-order valence-corrected chi connectivity index (χ2v) is 10.2. The molecule has 0 aliphatic heterocycles. The lowest BCUT2D eigenvalue weighted by atomic mass is 10.0. The number of nitrogens with one attached hydrogen (secondary N) is 1. The Kier molecular flexibility index (Phi) is 9.08. The van der Waals surface area contributed by atoms with Crippen LogP contribution < -0.4 is 14.4 Å². The molecule has 0 radical (unpaired) electrons. The predicted octanol–water partition coefficient (Wildman–Crippen LogP) is 2.85. The highest BCUT2D eigenvalue weighted by Gasteiger charge is 2.32. The Morgan fingerprint density at radius 3 is 1.94 bits per heavy atom. The zero-order chi connectivity index (χ0) is 26.1. The molecule has 0 aromatic heterocycles. The summed E-state index contributed by atoms with van der Waals surface area (Å²) in [6.45, 7) is -0.314. The normalized spacial score (nSPS) is 11.9. The molecule has 0 aliphatic carbocycles. The largest absolute Gasteiger partial charge is 0.497 e. The van der Waals surface area contributed by atoms with Gasteiger partial charge in [0.2, 0.25) is 21.8 Å². The summed E-state index contributed by atoms with van der Waals surface area (Å²) in [7, 11) is -0.772. The lowest BCUT2D eigenvalue weighted by Crippen LogP contribution is -2.52. The summed E-state index contributed by atoms with van der Waals surface area (Å²) < 4.78 is 31.6. The Hall–Kier alpha value is -3.85. The van der Waals surface area contributed by atoms with Crippen LogP contribution in [0.3, 0.4) is 0 Å². The van der Waals surface area contributed by atoms with Crippen molar-refractivity contribution in [3.8, 4) is 5.75 Å². The van der Waals surface area contributed by atoms with E-state index < -0.39 is 28.5 Å². The van der Waals surface area contributed by atoms with Crippen LogP contribution in [0.25, 0.3) is 0 Å². The van der Waals surface area contributed by atoms with Crippen LogP contribution in [0.2, 0.25) is 0 Å². The number of rotatable bonds is 11. The third kappa shape index (κ3) is 7.08. The molecule has 0 heterocycles. The molecule has 3 aromatic carbocycles. The molecular weight excluding hydrogens is 478 g/mol. The van der Waals surface area contributed by atoms with Gasteiger partial charge in [0.05, 0.1) is 19.1 Å². The number of methoxy groups -OCH3 is 1. The first-order chi connectivity index (χ1) is 17.2. The summed E-state index contributed by atoms with van der Waals surface area (Å²) >= 11 is 0. The Bertz CT molecular complexity index is 1250. The number of hydrogen-bond acceptors (Lipinski definition) is 5. The molecule has 0 spiro atoms. The van der Waals surface area contributed by atoms with E-state index in [9.17, 15) is 18.0 Å². The van der Waals surface area contributed by atoms with Gasteiger partial charge in [-0.2, -0.15) is 0 Å². The van der Waals surface area contributed by atoms with Gasteiger partial charge >= 0.3 is 0 Å². The molecule has 0 aliphatic rings. The van der Waals surface area contributed by atoms with E-state index in [2.05, 4.69) is 5.32 Å². The maximum atomic E-state index is 13.8. The minimum absolute atomic E-state index is 0.144. The van der Waals surface area contributed by atoms with Gasteiger partial charge in [-0.25, -0.2) is 8.42 Å². The van der Waals surface area contributed by atoms with Gasteiger partial charge in [-0.1, -0.05) is 60.7 Å². The number of amides is 2. The number of nitrogens with zero attached hydrogens (tertiary/aromatic N) is 2. The number of likely N-dealkylation sites (N-methyl/N-ethyl adjacent to an activating group) is 1. The third-order valence-electron chi connectivity index (χ3n) is 5.75. The van der Waals surface area contributed by atoms with Crippen molar-refractivity contribution in [3.63, 3.8) is 0 Å². The van der Waals surface area contributed by atoms with Crippen molar-refractivity contribution < 1.29 is 22.7 Å². The summed E-state index contributed by atoms with van der Waals surface area (Å²) in [6, 6.07) is 24.3. The highest BCUT2D eigenvalue weighted by atomic mass is 32.2. The number of ether oxygens (including phenoxy) is 1. The van der Waals surface area contributed by atoms with Gasteiger partial charge in [-0.05, 0) is 35.4 Å². The van der Waals surface area contributed by atoms with Crippen LogP contribution >= 0.6 is 0 Å². The van der Waals surface area contributed by atoms with Gasteiger partial charge in [-0.15, -0.1) is 0 Å². The van der Waals surface area contributed by atoms with Gasteiger partial charge in [-0.3, -0.25) is 13.9 Å². The quantitative estimate of drug-likeness (QED) is 0.429. The minimum atomic E-state index is -3.80. The van der Waals surface area contributed by atoms with Crippen molar-refractivity contribution in [2.45, 2.75) is 19.0 Å². The van der Waals surface area contributed by atoms with Crippen LogP contribution in [0.1, 0.15) is 11.1 Å². The molecule has 1 atom stereocenters. The minimum Gasteiger partial charge on any atom is -0.497 e. The van der Waals surface area contributed by atoms with Crippen LogP contribution in [0, 0.1) is 0 Å². The van der Waals surface area contributed by atoms with Crippen molar-refractivity contribution in [1.29, 1.82) is 0 Å². The van der Waals surface area contributed by atoms with Gasteiger partial charge in [0.1, 0.15) is 18.3 Å². The Morgan fingerprint density at radius 2 is 1.44 bits per heavy atom. The fourth-order valence-corrected chi connectivity index (χ4v) is 4.71. The first-order valence-corrected chi connectivity index (χ1v) is 13.3. The Balaban J connectivity index is 1.99. The second-order valence-electron chi connectivity index (χ2n) is 8.29. The Labute approximate surface area is 212 Å². The van der Waals surface area contributed by atoms with E-state index in [1.165, 1.54) is 19.1 Å². The monoisotopic (exact) mass is 509 g/mol. The molecule has 3 aromatic rings. The molecule has 0 saturated heterocycles. The number of benzene rings is 3. The van der Waals surface area contributed by atoms with Gasteiger partial charge in [0.15, 0.2) is 0 Å². The maximum absolute atomic E-state index is 13.8. The van der Waals surface area contributed by atoms with Crippen LogP contribution in [-0.4, -0.2) is 58.1 Å². The zero-order valence-electron chi connectivity index (χ0n) is 20.6. The van der Waals surface area contributed by atoms with Gasteiger partial charge in [0.25, 0.3) is 0 Å². The number of carbonyl (C=O) groups excluding carboxylic acids is 2. The van der Waals surface area contributed by atoms with E-state index in [4.69, 9.17) is 4.74 Å². The topological polar surface area (TPSA) is 96.0 Å². The van der Waals surface area contributed by atoms with Gasteiger partial charge in [0, 0.05) is 20.0 Å². The molecule has 0 bridgehead atoms. The summed E-state index contributed by atoms with van der Waals surface area (Å²) in [5.74, 6) is -0.269. The smallest absolute Gasteiger partial charge is 0.244 e. The first-order valence-electron chi connectivity index (χ1n) is 11.4. The van der Waals surface area contributed by atoms with Crippen molar-refractivity contribution in [2.24, 2.45) is 0 Å². The molecule has 8 nitrogen and oxygen atoms in total. The van der Waals surface area contributed by atoms with E-state index >= 15 is 0 Å². The number of anilines is 1. The number of carbonyl (C=O) groups is 2. The predicted molar refractivity (Wildman–Crippen MR) is 140 cm³/mol. The van der Waals surface area contributed by atoms with E-state index in [0.29, 0.717) is 11.4 Å². The SMILES string of the molecule is CNC(=O)[C@@H](Cc1ccccc1)N(Cc1ccccc1)C(=O)CN(c1ccc(OC)cc1)S(C)(=O)=O. The zero-order valence-corrected chi connectivity index (χ0v) is 21.4. The van der Waals surface area contributed by atoms with Crippen LogP contribution in [0.15, 0.2) is 84.9 Å². The highest BCUT2D eigenvalue weighted by molar-refractivity contribution is 7.92. The highest BCUT2D eigenvalue weighted by Crippen LogP contribution is 2.23. The van der Waals surface area contributed by atoms with E-state index in [1.807, 2.05) is 60.7 Å². The van der Waals surface area contributed by atoms with E-state index in [0.717, 1.165) is 21.7 Å². The second kappa shape index (κ2) is 12.2. The summed E-state index contributed by atoms with van der Waals surface area (Å²) in [5, 5.41) is 2.66. The van der Waals surface area contributed by atoms with E-state index in [1.54, 1.807) is 24.3 Å². The molecule has 0 fully saturated rings. The lowest BCUT2D eigenvalue weighted by Gasteiger charge is -2.33. The molecule has 0 unspecified atom stereocenters. The fraction of sp³-hybridized carbons (Fsp3) is 0.259. The molecular formula is C27H31N3O5S. The van der Waals surface area contributed by atoms with Crippen molar-refractivity contribution in [2.75, 3.05) is 31.3 Å². The number of sulfonamides is 1. The maximum Gasteiger partial charge on any atom is 0.244 e. The first kappa shape index (κ1) is 26.7. The summed E-state index contributed by atoms with van der Waals surface area (Å²) in [5.41, 5.74) is 2.03. The van der Waals surface area contributed by atoms with Crippen molar-refractivity contribution >= 4 is 27.5 Å². The Morgan fingerprint density at radius 1 is 0.889 bits per heavy atom. The average molecular weight is 510 g/mol.